The molecule has 0 aliphatic carbocycles. The molecule has 1 amide bonds. The molecular formula is C29H26N4O3S2. The summed E-state index contributed by atoms with van der Waals surface area (Å²) in [6, 6.07) is 26.5. The van der Waals surface area contributed by atoms with E-state index in [1.807, 2.05) is 49.4 Å². The van der Waals surface area contributed by atoms with Crippen LogP contribution in [-0.2, 0) is 16.6 Å². The van der Waals surface area contributed by atoms with E-state index in [9.17, 15) is 13.2 Å². The third-order valence-electron chi connectivity index (χ3n) is 6.15. The molecule has 5 rings (SSSR count). The maximum Gasteiger partial charge on any atom is 0.264 e. The number of carbonyl (C=O) groups is 1. The molecule has 192 valence electrons. The molecule has 2 aromatic heterocycles. The minimum absolute atomic E-state index is 0.117. The molecule has 0 unspecified atom stereocenters. The van der Waals surface area contributed by atoms with E-state index in [2.05, 4.69) is 4.98 Å². The molecule has 0 aliphatic rings. The van der Waals surface area contributed by atoms with Gasteiger partial charge in [-0.15, -0.1) is 0 Å². The summed E-state index contributed by atoms with van der Waals surface area (Å²) in [7, 11) is -3.80. The number of hydrogen-bond donors (Lipinski definition) is 0. The number of aryl methyl sites for hydroxylation is 1. The SMILES string of the molecule is CCN(c1ccccc1)S(=O)(=O)c1ccc(C(=O)N(Cc2ccccn2)c2nc3c(C)cccc3s2)cc1. The Hall–Kier alpha value is -4.08. The van der Waals surface area contributed by atoms with Crippen molar-refractivity contribution in [1.82, 2.24) is 9.97 Å². The highest BCUT2D eigenvalue weighted by Gasteiger charge is 2.26. The Bertz CT molecular complexity index is 1670. The first-order chi connectivity index (χ1) is 18.4. The van der Waals surface area contributed by atoms with Crippen LogP contribution in [-0.4, -0.2) is 30.8 Å². The van der Waals surface area contributed by atoms with Crippen LogP contribution in [0.25, 0.3) is 10.2 Å². The zero-order valence-corrected chi connectivity index (χ0v) is 22.6. The molecule has 7 nitrogen and oxygen atoms in total. The van der Waals surface area contributed by atoms with Gasteiger partial charge in [0.05, 0.1) is 33.0 Å². The van der Waals surface area contributed by atoms with Gasteiger partial charge in [0.25, 0.3) is 15.9 Å². The molecular weight excluding hydrogens is 516 g/mol. The Morgan fingerprint density at radius 1 is 0.895 bits per heavy atom. The van der Waals surface area contributed by atoms with Gasteiger partial charge in [0.2, 0.25) is 0 Å². The van der Waals surface area contributed by atoms with E-state index in [0.29, 0.717) is 16.4 Å². The van der Waals surface area contributed by atoms with Gasteiger partial charge >= 0.3 is 0 Å². The van der Waals surface area contributed by atoms with Crippen LogP contribution in [0.2, 0.25) is 0 Å². The highest BCUT2D eigenvalue weighted by Crippen LogP contribution is 2.32. The van der Waals surface area contributed by atoms with Crippen LogP contribution < -0.4 is 9.21 Å². The van der Waals surface area contributed by atoms with Crippen molar-refractivity contribution in [2.24, 2.45) is 0 Å². The van der Waals surface area contributed by atoms with Gasteiger partial charge < -0.3 is 0 Å². The lowest BCUT2D eigenvalue weighted by atomic mass is 10.2. The average Bonchev–Trinajstić information content (AvgIpc) is 3.38. The van der Waals surface area contributed by atoms with Crippen LogP contribution in [0.1, 0.15) is 28.5 Å². The summed E-state index contributed by atoms with van der Waals surface area (Å²) in [5.74, 6) is -0.285. The van der Waals surface area contributed by atoms with Crippen molar-refractivity contribution >= 4 is 48.3 Å². The van der Waals surface area contributed by atoms with E-state index in [0.717, 1.165) is 21.5 Å². The van der Waals surface area contributed by atoms with Gasteiger partial charge in [0, 0.05) is 18.3 Å². The van der Waals surface area contributed by atoms with Crippen LogP contribution in [0, 0.1) is 6.92 Å². The third-order valence-corrected chi connectivity index (χ3v) is 9.11. The molecule has 0 aliphatic heterocycles. The Labute approximate surface area is 226 Å². The zero-order valence-electron chi connectivity index (χ0n) is 21.0. The molecule has 2 heterocycles. The molecule has 0 N–H and O–H groups in total. The predicted octanol–water partition coefficient (Wildman–Crippen LogP) is 6.06. The van der Waals surface area contributed by atoms with Crippen LogP contribution in [0.3, 0.4) is 0 Å². The number of carbonyl (C=O) groups excluding carboxylic acids is 1. The van der Waals surface area contributed by atoms with Crippen LogP contribution >= 0.6 is 11.3 Å². The van der Waals surface area contributed by atoms with Crippen molar-refractivity contribution in [1.29, 1.82) is 0 Å². The standard InChI is InChI=1S/C29H26N4O3S2/c1-3-33(24-12-5-4-6-13-24)38(35,36)25-17-15-22(16-18-25)28(34)32(20-23-11-7-8-19-30-23)29-31-27-21(2)10-9-14-26(27)37-29/h4-19H,3,20H2,1-2H3. The summed E-state index contributed by atoms with van der Waals surface area (Å²) < 4.78 is 29.1. The van der Waals surface area contributed by atoms with Gasteiger partial charge in [-0.25, -0.2) is 13.4 Å². The smallest absolute Gasteiger partial charge is 0.264 e. The molecule has 3 aromatic carbocycles. The summed E-state index contributed by atoms with van der Waals surface area (Å²) in [5.41, 5.74) is 3.55. The topological polar surface area (TPSA) is 83.5 Å². The number of benzene rings is 3. The highest BCUT2D eigenvalue weighted by molar-refractivity contribution is 7.92. The Morgan fingerprint density at radius 3 is 2.29 bits per heavy atom. The predicted molar refractivity (Wildman–Crippen MR) is 152 cm³/mol. The van der Waals surface area contributed by atoms with Crippen molar-refractivity contribution in [3.05, 3.63) is 114 Å². The number of pyridine rings is 1. The summed E-state index contributed by atoms with van der Waals surface area (Å²) >= 11 is 1.44. The molecule has 9 heteroatoms. The van der Waals surface area contributed by atoms with Gasteiger partial charge in [-0.05, 0) is 74.0 Å². The summed E-state index contributed by atoms with van der Waals surface area (Å²) in [6.45, 7) is 4.29. The minimum atomic E-state index is -3.80. The lowest BCUT2D eigenvalue weighted by molar-refractivity contribution is 0.0984. The normalized spacial score (nSPS) is 11.4. The molecule has 0 radical (unpaired) electrons. The maximum atomic E-state index is 13.8. The number of nitrogens with zero attached hydrogens (tertiary/aromatic N) is 4. The second kappa shape index (κ2) is 10.7. The molecule has 38 heavy (non-hydrogen) atoms. The number of fused-ring (bicyclic) bond motifs is 1. The van der Waals surface area contributed by atoms with Crippen molar-refractivity contribution in [2.45, 2.75) is 25.3 Å². The van der Waals surface area contributed by atoms with Crippen molar-refractivity contribution in [2.75, 3.05) is 15.7 Å². The second-order valence-corrected chi connectivity index (χ2v) is 11.5. The lowest BCUT2D eigenvalue weighted by Crippen LogP contribution is -2.32. The number of rotatable bonds is 8. The minimum Gasteiger partial charge on any atom is -0.278 e. The Morgan fingerprint density at radius 2 is 1.63 bits per heavy atom. The lowest BCUT2D eigenvalue weighted by Gasteiger charge is -2.23. The van der Waals surface area contributed by atoms with Gasteiger partial charge in [0.1, 0.15) is 0 Å². The number of sulfonamides is 1. The maximum absolute atomic E-state index is 13.8. The van der Waals surface area contributed by atoms with Crippen molar-refractivity contribution < 1.29 is 13.2 Å². The molecule has 0 saturated heterocycles. The Balaban J connectivity index is 1.49. The first-order valence-electron chi connectivity index (χ1n) is 12.1. The summed E-state index contributed by atoms with van der Waals surface area (Å²) in [5, 5.41) is 0.558. The highest BCUT2D eigenvalue weighted by atomic mass is 32.2. The molecule has 0 bridgehead atoms. The fourth-order valence-electron chi connectivity index (χ4n) is 4.21. The van der Waals surface area contributed by atoms with E-state index in [1.165, 1.54) is 27.8 Å². The fraction of sp³-hybridized carbons (Fsp3) is 0.138. The molecule has 0 fully saturated rings. The third kappa shape index (κ3) is 5.03. The van der Waals surface area contributed by atoms with E-state index >= 15 is 0 Å². The fourth-order valence-corrected chi connectivity index (χ4v) is 6.72. The van der Waals surface area contributed by atoms with Gasteiger partial charge in [-0.3, -0.25) is 19.0 Å². The number of thiazole rings is 1. The number of anilines is 2. The molecule has 5 aromatic rings. The molecule has 0 spiro atoms. The first kappa shape index (κ1) is 25.6. The van der Waals surface area contributed by atoms with E-state index in [4.69, 9.17) is 4.98 Å². The monoisotopic (exact) mass is 542 g/mol. The van der Waals surface area contributed by atoms with Gasteiger partial charge in [-0.1, -0.05) is 47.7 Å². The Kier molecular flexibility index (Phi) is 7.22. The average molecular weight is 543 g/mol. The van der Waals surface area contributed by atoms with Gasteiger partial charge in [-0.2, -0.15) is 0 Å². The quantitative estimate of drug-likeness (QED) is 0.238. The first-order valence-corrected chi connectivity index (χ1v) is 14.4. The molecule has 0 saturated carbocycles. The second-order valence-electron chi connectivity index (χ2n) is 8.66. The zero-order chi connectivity index (χ0) is 26.7. The largest absolute Gasteiger partial charge is 0.278 e. The van der Waals surface area contributed by atoms with Crippen molar-refractivity contribution in [3.8, 4) is 0 Å². The number of hydrogen-bond acceptors (Lipinski definition) is 6. The van der Waals surface area contributed by atoms with Crippen LogP contribution in [0.15, 0.2) is 102 Å². The van der Waals surface area contributed by atoms with E-state index < -0.39 is 10.0 Å². The van der Waals surface area contributed by atoms with Gasteiger partial charge in [0.15, 0.2) is 5.13 Å². The summed E-state index contributed by atoms with van der Waals surface area (Å²) in [4.78, 5) is 24.7. The number of aromatic nitrogens is 2. The van der Waals surface area contributed by atoms with E-state index in [-0.39, 0.29) is 23.9 Å². The van der Waals surface area contributed by atoms with Crippen LogP contribution in [0.4, 0.5) is 10.8 Å². The molecule has 0 atom stereocenters. The summed E-state index contributed by atoms with van der Waals surface area (Å²) in [6.07, 6.45) is 1.69. The van der Waals surface area contributed by atoms with E-state index in [1.54, 1.807) is 54.4 Å². The van der Waals surface area contributed by atoms with Crippen LogP contribution in [0.5, 0.6) is 0 Å². The van der Waals surface area contributed by atoms with Crippen molar-refractivity contribution in [3.63, 3.8) is 0 Å². The number of amides is 1. The number of para-hydroxylation sites is 2.